The van der Waals surface area contributed by atoms with Gasteiger partial charge in [-0.2, -0.15) is 5.10 Å². The Morgan fingerprint density at radius 2 is 2.00 bits per heavy atom. The average molecular weight is 366 g/mol. The van der Waals surface area contributed by atoms with Crippen LogP contribution in [0.25, 0.3) is 16.6 Å². The van der Waals surface area contributed by atoms with Crippen LogP contribution in [0.2, 0.25) is 0 Å². The van der Waals surface area contributed by atoms with Crippen LogP contribution in [0.1, 0.15) is 31.0 Å². The lowest BCUT2D eigenvalue weighted by Crippen LogP contribution is -2.47. The molecule has 1 saturated heterocycles. The van der Waals surface area contributed by atoms with E-state index in [4.69, 9.17) is 0 Å². The second kappa shape index (κ2) is 7.41. The fraction of sp³-hybridized carbons (Fsp3) is 0.409. The van der Waals surface area contributed by atoms with Gasteiger partial charge in [-0.25, -0.2) is 9.07 Å². The monoisotopic (exact) mass is 366 g/mol. The van der Waals surface area contributed by atoms with Crippen molar-refractivity contribution >= 4 is 10.9 Å². The van der Waals surface area contributed by atoms with Gasteiger partial charge < -0.3 is 5.32 Å². The summed E-state index contributed by atoms with van der Waals surface area (Å²) in [6.45, 7) is 11.0. The molecule has 0 saturated carbocycles. The summed E-state index contributed by atoms with van der Waals surface area (Å²) in [6, 6.07) is 11.4. The smallest absolute Gasteiger partial charge is 0.123 e. The molecule has 1 atom stereocenters. The van der Waals surface area contributed by atoms with Crippen molar-refractivity contribution in [1.29, 1.82) is 0 Å². The SMILES string of the molecule is Cc1cc2c(cnn2-c2ccc(F)cc2)cc1C1CNCCN1CC(C)C. The van der Waals surface area contributed by atoms with Gasteiger partial charge in [0.1, 0.15) is 5.82 Å². The molecule has 2 aromatic carbocycles. The summed E-state index contributed by atoms with van der Waals surface area (Å²) in [7, 11) is 0. The zero-order valence-electron chi connectivity index (χ0n) is 16.2. The van der Waals surface area contributed by atoms with Crippen molar-refractivity contribution < 1.29 is 4.39 Å². The van der Waals surface area contributed by atoms with Gasteiger partial charge in [-0.1, -0.05) is 13.8 Å². The van der Waals surface area contributed by atoms with E-state index in [1.807, 2.05) is 10.9 Å². The van der Waals surface area contributed by atoms with Gasteiger partial charge >= 0.3 is 0 Å². The number of benzene rings is 2. The van der Waals surface area contributed by atoms with Gasteiger partial charge in [0.15, 0.2) is 0 Å². The maximum atomic E-state index is 13.3. The topological polar surface area (TPSA) is 33.1 Å². The summed E-state index contributed by atoms with van der Waals surface area (Å²) in [4.78, 5) is 2.60. The van der Waals surface area contributed by atoms with E-state index < -0.39 is 0 Å². The molecule has 0 bridgehead atoms. The molecule has 1 aromatic heterocycles. The van der Waals surface area contributed by atoms with E-state index in [9.17, 15) is 4.39 Å². The van der Waals surface area contributed by atoms with Gasteiger partial charge in [0.2, 0.25) is 0 Å². The predicted octanol–water partition coefficient (Wildman–Crippen LogP) is 4.08. The summed E-state index contributed by atoms with van der Waals surface area (Å²) in [5.74, 6) is 0.416. The molecule has 0 radical (unpaired) electrons. The molecule has 1 fully saturated rings. The highest BCUT2D eigenvalue weighted by molar-refractivity contribution is 5.82. The fourth-order valence-electron chi connectivity index (χ4n) is 4.08. The molecule has 0 aliphatic carbocycles. The van der Waals surface area contributed by atoms with Crippen LogP contribution in [0.15, 0.2) is 42.6 Å². The van der Waals surface area contributed by atoms with Crippen LogP contribution >= 0.6 is 0 Å². The van der Waals surface area contributed by atoms with Crippen LogP contribution in [0.4, 0.5) is 4.39 Å². The number of aromatic nitrogens is 2. The largest absolute Gasteiger partial charge is 0.314 e. The Balaban J connectivity index is 1.73. The molecule has 1 N–H and O–H groups in total. The lowest BCUT2D eigenvalue weighted by molar-refractivity contribution is 0.144. The minimum atomic E-state index is -0.233. The van der Waals surface area contributed by atoms with Crippen molar-refractivity contribution in [3.8, 4) is 5.69 Å². The zero-order valence-corrected chi connectivity index (χ0v) is 16.2. The van der Waals surface area contributed by atoms with Crippen LogP contribution in [0, 0.1) is 18.7 Å². The number of aryl methyl sites for hydroxylation is 1. The number of nitrogens with one attached hydrogen (secondary N) is 1. The first-order valence-electron chi connectivity index (χ1n) is 9.72. The van der Waals surface area contributed by atoms with Crippen molar-refractivity contribution in [2.24, 2.45) is 5.92 Å². The highest BCUT2D eigenvalue weighted by Crippen LogP contribution is 2.30. The summed E-state index contributed by atoms with van der Waals surface area (Å²) >= 11 is 0. The number of hydrogen-bond donors (Lipinski definition) is 1. The number of rotatable bonds is 4. The molecule has 142 valence electrons. The number of halogens is 1. The highest BCUT2D eigenvalue weighted by atomic mass is 19.1. The minimum absolute atomic E-state index is 0.233. The van der Waals surface area contributed by atoms with Gasteiger partial charge in [0, 0.05) is 37.6 Å². The Kier molecular flexibility index (Phi) is 4.98. The van der Waals surface area contributed by atoms with Gasteiger partial charge in [0.05, 0.1) is 17.4 Å². The number of fused-ring (bicyclic) bond motifs is 1. The Bertz CT molecular complexity index is 929. The Morgan fingerprint density at radius 3 is 2.74 bits per heavy atom. The zero-order chi connectivity index (χ0) is 19.0. The van der Waals surface area contributed by atoms with E-state index in [-0.39, 0.29) is 5.82 Å². The summed E-state index contributed by atoms with van der Waals surface area (Å²) in [6.07, 6.45) is 1.91. The maximum absolute atomic E-state index is 13.3. The first kappa shape index (κ1) is 18.1. The molecule has 2 heterocycles. The lowest BCUT2D eigenvalue weighted by atomic mass is 9.96. The summed E-state index contributed by atoms with van der Waals surface area (Å²) in [5, 5.41) is 9.23. The maximum Gasteiger partial charge on any atom is 0.123 e. The third kappa shape index (κ3) is 3.62. The number of hydrogen-bond acceptors (Lipinski definition) is 3. The highest BCUT2D eigenvalue weighted by Gasteiger charge is 2.26. The molecular formula is C22H27FN4. The molecule has 4 rings (SSSR count). The minimum Gasteiger partial charge on any atom is -0.314 e. The van der Waals surface area contributed by atoms with Crippen LogP contribution in [-0.2, 0) is 0 Å². The van der Waals surface area contributed by atoms with Crippen molar-refractivity contribution in [3.63, 3.8) is 0 Å². The van der Waals surface area contributed by atoms with Crippen LogP contribution in [0.5, 0.6) is 0 Å². The van der Waals surface area contributed by atoms with E-state index >= 15 is 0 Å². The van der Waals surface area contributed by atoms with Crippen LogP contribution < -0.4 is 5.32 Å². The van der Waals surface area contributed by atoms with E-state index in [1.165, 1.54) is 23.3 Å². The molecule has 27 heavy (non-hydrogen) atoms. The molecule has 1 aliphatic rings. The predicted molar refractivity (Wildman–Crippen MR) is 108 cm³/mol. The van der Waals surface area contributed by atoms with E-state index in [1.54, 1.807) is 12.1 Å². The molecule has 0 amide bonds. The molecule has 1 unspecified atom stereocenters. The number of piperazine rings is 1. The summed E-state index contributed by atoms with van der Waals surface area (Å²) < 4.78 is 15.1. The Morgan fingerprint density at radius 1 is 1.22 bits per heavy atom. The van der Waals surface area contributed by atoms with Gasteiger partial charge in [-0.3, -0.25) is 4.90 Å². The van der Waals surface area contributed by atoms with Crippen molar-refractivity contribution in [2.45, 2.75) is 26.8 Å². The first-order chi connectivity index (χ1) is 13.0. The Labute approximate surface area is 160 Å². The molecule has 3 aromatic rings. The second-order valence-electron chi connectivity index (χ2n) is 7.91. The molecule has 1 aliphatic heterocycles. The third-order valence-corrected chi connectivity index (χ3v) is 5.34. The molecular weight excluding hydrogens is 339 g/mol. The second-order valence-corrected chi connectivity index (χ2v) is 7.91. The standard InChI is InChI=1S/C22H27FN4/c1-15(2)14-26-9-8-24-13-22(26)20-11-17-12-25-27(21(17)10-16(20)3)19-6-4-18(23)5-7-19/h4-7,10-12,15,22,24H,8-9,13-14H2,1-3H3. The first-order valence-corrected chi connectivity index (χ1v) is 9.72. The van der Waals surface area contributed by atoms with Crippen molar-refractivity contribution in [3.05, 3.63) is 59.5 Å². The molecule has 0 spiro atoms. The normalized spacial score (nSPS) is 18.5. The quantitative estimate of drug-likeness (QED) is 0.755. The Hall–Kier alpha value is -2.24. The average Bonchev–Trinajstić information content (AvgIpc) is 3.04. The van der Waals surface area contributed by atoms with Gasteiger partial charge in [0.25, 0.3) is 0 Å². The summed E-state index contributed by atoms with van der Waals surface area (Å²) in [5.41, 5.74) is 4.57. The van der Waals surface area contributed by atoms with Crippen molar-refractivity contribution in [1.82, 2.24) is 20.0 Å². The van der Waals surface area contributed by atoms with Gasteiger partial charge in [-0.15, -0.1) is 0 Å². The van der Waals surface area contributed by atoms with E-state index in [0.717, 1.165) is 42.8 Å². The molecule has 4 nitrogen and oxygen atoms in total. The van der Waals surface area contributed by atoms with Crippen LogP contribution in [0.3, 0.4) is 0 Å². The van der Waals surface area contributed by atoms with E-state index in [0.29, 0.717) is 12.0 Å². The fourth-order valence-corrected chi connectivity index (χ4v) is 4.08. The van der Waals surface area contributed by atoms with Gasteiger partial charge in [-0.05, 0) is 60.4 Å². The van der Waals surface area contributed by atoms with Crippen LogP contribution in [-0.4, -0.2) is 40.9 Å². The third-order valence-electron chi connectivity index (χ3n) is 5.34. The lowest BCUT2D eigenvalue weighted by Gasteiger charge is -2.38. The van der Waals surface area contributed by atoms with Crippen molar-refractivity contribution in [2.75, 3.05) is 26.2 Å². The number of nitrogens with zero attached hydrogens (tertiary/aromatic N) is 3. The van der Waals surface area contributed by atoms with E-state index in [2.05, 4.69) is 48.2 Å². The molecule has 5 heteroatoms.